The molecule has 0 radical (unpaired) electrons. The van der Waals surface area contributed by atoms with E-state index in [4.69, 9.17) is 9.84 Å². The number of carboxylic acid groups (broad SMARTS) is 1. The highest BCUT2D eigenvalue weighted by molar-refractivity contribution is 5.89. The van der Waals surface area contributed by atoms with E-state index in [-0.39, 0.29) is 12.5 Å². The van der Waals surface area contributed by atoms with Gasteiger partial charge in [0.2, 0.25) is 5.91 Å². The number of hydrogen-bond acceptors (Lipinski definition) is 6. The van der Waals surface area contributed by atoms with Crippen LogP contribution < -0.4 is 10.6 Å². The number of aliphatic carboxylic acids is 1. The second-order valence-corrected chi connectivity index (χ2v) is 6.94. The first kappa shape index (κ1) is 21.8. The highest BCUT2D eigenvalue weighted by Gasteiger charge is 2.30. The first-order valence-electron chi connectivity index (χ1n) is 9.61. The van der Waals surface area contributed by atoms with Crippen molar-refractivity contribution in [2.75, 3.05) is 13.3 Å². The van der Waals surface area contributed by atoms with Gasteiger partial charge in [-0.1, -0.05) is 48.5 Å². The van der Waals surface area contributed by atoms with Gasteiger partial charge >= 0.3 is 18.0 Å². The number of carbonyl (C=O) groups is 4. The molecule has 0 fully saturated rings. The maximum Gasteiger partial charge on any atom is 0.407 e. The minimum atomic E-state index is -1.39. The zero-order chi connectivity index (χ0) is 22.4. The van der Waals surface area contributed by atoms with Gasteiger partial charge in [0.25, 0.3) is 0 Å². The predicted molar refractivity (Wildman–Crippen MR) is 109 cm³/mol. The minimum absolute atomic E-state index is 0.0225. The number of esters is 1. The summed E-state index contributed by atoms with van der Waals surface area (Å²) in [5.74, 6) is -2.88. The number of nitrogens with one attached hydrogen (secondary N) is 2. The molecule has 1 atom stereocenters. The van der Waals surface area contributed by atoms with Crippen molar-refractivity contribution in [3.8, 4) is 11.1 Å². The van der Waals surface area contributed by atoms with E-state index in [1.807, 2.05) is 48.5 Å². The molecular formula is C22H22N2O7. The third-order valence-electron chi connectivity index (χ3n) is 4.85. The van der Waals surface area contributed by atoms with Crippen LogP contribution in [0.2, 0.25) is 0 Å². The topological polar surface area (TPSA) is 131 Å². The third-order valence-corrected chi connectivity index (χ3v) is 4.85. The van der Waals surface area contributed by atoms with E-state index in [1.165, 1.54) is 0 Å². The highest BCUT2D eigenvalue weighted by Crippen LogP contribution is 2.44. The standard InChI is InChI=1S/C22H22N2O7/c1-13(25)31-12-23-21(28)19(10-20(26)27)24-22(29)30-11-18-16-8-4-2-6-14(16)15-7-3-5-9-17(15)18/h2-9,18-19H,10-12H2,1H3,(H,23,28)(H,24,29)(H,26,27)/t19-/m0/s1. The number of ether oxygens (including phenoxy) is 2. The Kier molecular flexibility index (Phi) is 6.86. The van der Waals surface area contributed by atoms with E-state index < -0.39 is 43.1 Å². The molecule has 0 aliphatic heterocycles. The Morgan fingerprint density at radius 2 is 1.55 bits per heavy atom. The van der Waals surface area contributed by atoms with Crippen LogP contribution >= 0.6 is 0 Å². The lowest BCUT2D eigenvalue weighted by atomic mass is 9.98. The van der Waals surface area contributed by atoms with Crippen molar-refractivity contribution in [1.82, 2.24) is 10.6 Å². The van der Waals surface area contributed by atoms with Crippen molar-refractivity contribution in [3.63, 3.8) is 0 Å². The van der Waals surface area contributed by atoms with Crippen LogP contribution in [0, 0.1) is 0 Å². The molecule has 2 aromatic rings. The van der Waals surface area contributed by atoms with E-state index in [0.717, 1.165) is 29.2 Å². The fourth-order valence-electron chi connectivity index (χ4n) is 3.50. The average molecular weight is 426 g/mol. The molecule has 0 spiro atoms. The van der Waals surface area contributed by atoms with E-state index in [9.17, 15) is 19.2 Å². The second-order valence-electron chi connectivity index (χ2n) is 6.94. The third kappa shape index (κ3) is 5.39. The molecule has 0 saturated heterocycles. The molecule has 0 bridgehead atoms. The van der Waals surface area contributed by atoms with Crippen LogP contribution in [0.4, 0.5) is 4.79 Å². The zero-order valence-electron chi connectivity index (χ0n) is 16.8. The van der Waals surface area contributed by atoms with Gasteiger partial charge in [0.1, 0.15) is 12.6 Å². The first-order chi connectivity index (χ1) is 14.9. The van der Waals surface area contributed by atoms with Crippen LogP contribution in [0.3, 0.4) is 0 Å². The van der Waals surface area contributed by atoms with Crippen molar-refractivity contribution >= 4 is 23.9 Å². The molecule has 2 aromatic carbocycles. The number of fused-ring (bicyclic) bond motifs is 3. The Balaban J connectivity index is 1.63. The summed E-state index contributed by atoms with van der Waals surface area (Å²) in [6.07, 6.45) is -1.58. The Morgan fingerprint density at radius 3 is 2.10 bits per heavy atom. The van der Waals surface area contributed by atoms with Crippen molar-refractivity contribution in [2.24, 2.45) is 0 Å². The fraction of sp³-hybridized carbons (Fsp3) is 0.273. The molecular weight excluding hydrogens is 404 g/mol. The zero-order valence-corrected chi connectivity index (χ0v) is 16.8. The fourth-order valence-corrected chi connectivity index (χ4v) is 3.50. The predicted octanol–water partition coefficient (Wildman–Crippen LogP) is 2.01. The molecule has 0 aromatic heterocycles. The maximum absolute atomic E-state index is 12.3. The summed E-state index contributed by atoms with van der Waals surface area (Å²) in [5.41, 5.74) is 4.19. The average Bonchev–Trinajstić information content (AvgIpc) is 3.05. The van der Waals surface area contributed by atoms with Crippen molar-refractivity contribution < 1.29 is 33.8 Å². The number of amides is 2. The van der Waals surface area contributed by atoms with Crippen LogP contribution in [-0.2, 0) is 23.9 Å². The molecule has 162 valence electrons. The Bertz CT molecular complexity index is 959. The van der Waals surface area contributed by atoms with Crippen molar-refractivity contribution in [3.05, 3.63) is 59.7 Å². The van der Waals surface area contributed by atoms with Gasteiger partial charge in [0.05, 0.1) is 6.42 Å². The Morgan fingerprint density at radius 1 is 0.968 bits per heavy atom. The summed E-state index contributed by atoms with van der Waals surface area (Å²) in [7, 11) is 0. The van der Waals surface area contributed by atoms with Gasteiger partial charge in [-0.25, -0.2) is 4.79 Å². The molecule has 9 nitrogen and oxygen atoms in total. The SMILES string of the molecule is CC(=O)OCNC(=O)[C@H](CC(=O)O)NC(=O)OCC1c2ccccc2-c2ccccc21. The van der Waals surface area contributed by atoms with Crippen LogP contribution in [-0.4, -0.2) is 48.4 Å². The molecule has 0 saturated carbocycles. The number of carbonyl (C=O) groups excluding carboxylic acids is 3. The van der Waals surface area contributed by atoms with Gasteiger partial charge in [-0.3, -0.25) is 14.4 Å². The Hall–Kier alpha value is -3.88. The van der Waals surface area contributed by atoms with Crippen molar-refractivity contribution in [1.29, 1.82) is 0 Å². The largest absolute Gasteiger partial charge is 0.481 e. The second kappa shape index (κ2) is 9.75. The lowest BCUT2D eigenvalue weighted by molar-refractivity contribution is -0.144. The normalized spacial score (nSPS) is 12.8. The van der Waals surface area contributed by atoms with Gasteiger partial charge in [-0.05, 0) is 22.3 Å². The van der Waals surface area contributed by atoms with Crippen LogP contribution in [0.15, 0.2) is 48.5 Å². The molecule has 1 aliphatic rings. The summed E-state index contributed by atoms with van der Waals surface area (Å²) >= 11 is 0. The number of hydrogen-bond donors (Lipinski definition) is 3. The van der Waals surface area contributed by atoms with E-state index in [2.05, 4.69) is 15.4 Å². The van der Waals surface area contributed by atoms with Gasteiger partial charge in [0, 0.05) is 12.8 Å². The first-order valence-corrected chi connectivity index (χ1v) is 9.61. The van der Waals surface area contributed by atoms with E-state index in [0.29, 0.717) is 0 Å². The lowest BCUT2D eigenvalue weighted by Crippen LogP contribution is -2.48. The smallest absolute Gasteiger partial charge is 0.407 e. The van der Waals surface area contributed by atoms with Crippen LogP contribution in [0.25, 0.3) is 11.1 Å². The number of alkyl carbamates (subject to hydrolysis) is 1. The molecule has 3 N–H and O–H groups in total. The molecule has 31 heavy (non-hydrogen) atoms. The van der Waals surface area contributed by atoms with Crippen LogP contribution in [0.5, 0.6) is 0 Å². The number of carboxylic acids is 1. The monoisotopic (exact) mass is 426 g/mol. The summed E-state index contributed by atoms with van der Waals surface area (Å²) in [5, 5.41) is 13.5. The molecule has 0 heterocycles. The van der Waals surface area contributed by atoms with Gasteiger partial charge < -0.3 is 25.2 Å². The Labute approximate surface area is 178 Å². The molecule has 2 amide bonds. The lowest BCUT2D eigenvalue weighted by Gasteiger charge is -2.18. The highest BCUT2D eigenvalue weighted by atomic mass is 16.6. The van der Waals surface area contributed by atoms with Crippen LogP contribution in [0.1, 0.15) is 30.4 Å². The molecule has 1 aliphatic carbocycles. The summed E-state index contributed by atoms with van der Waals surface area (Å²) in [6, 6.07) is 14.3. The van der Waals surface area contributed by atoms with Gasteiger partial charge in [-0.2, -0.15) is 0 Å². The van der Waals surface area contributed by atoms with E-state index in [1.54, 1.807) is 0 Å². The maximum atomic E-state index is 12.3. The van der Waals surface area contributed by atoms with E-state index >= 15 is 0 Å². The summed E-state index contributed by atoms with van der Waals surface area (Å²) in [4.78, 5) is 46.3. The minimum Gasteiger partial charge on any atom is -0.481 e. The summed E-state index contributed by atoms with van der Waals surface area (Å²) in [6.45, 7) is 0.751. The molecule has 0 unspecified atom stereocenters. The molecule has 3 rings (SSSR count). The number of benzene rings is 2. The van der Waals surface area contributed by atoms with Gasteiger partial charge in [-0.15, -0.1) is 0 Å². The van der Waals surface area contributed by atoms with Crippen molar-refractivity contribution in [2.45, 2.75) is 25.3 Å². The summed E-state index contributed by atoms with van der Waals surface area (Å²) < 4.78 is 9.93. The quantitative estimate of drug-likeness (QED) is 0.435. The van der Waals surface area contributed by atoms with Gasteiger partial charge in [0.15, 0.2) is 6.73 Å². The molecule has 9 heteroatoms. The number of rotatable bonds is 8.